The van der Waals surface area contributed by atoms with Crippen molar-refractivity contribution in [2.45, 2.75) is 51.0 Å². The van der Waals surface area contributed by atoms with Crippen LogP contribution in [0.2, 0.25) is 0 Å². The summed E-state index contributed by atoms with van der Waals surface area (Å²) >= 11 is 0. The molecule has 1 amide bonds. The molecule has 30 heavy (non-hydrogen) atoms. The highest BCUT2D eigenvalue weighted by atomic mass is 19.1. The number of carbonyl (C=O) groups is 1. The largest absolute Gasteiger partial charge is 0.490 e. The number of ether oxygens (including phenoxy) is 2. The highest BCUT2D eigenvalue weighted by Gasteiger charge is 2.28. The smallest absolute Gasteiger partial charge is 0.410 e. The van der Waals surface area contributed by atoms with Crippen LogP contribution >= 0.6 is 0 Å². The van der Waals surface area contributed by atoms with Crippen LogP contribution in [0.25, 0.3) is 0 Å². The number of nitrogens with one attached hydrogen (secondary N) is 1. The SMILES string of the molecule is O=C(OCc1ccc(OC2CC2)cc1)N(Cc1ccc(F)cc1F)C1CCNCC1. The van der Waals surface area contributed by atoms with Crippen molar-refractivity contribution in [2.75, 3.05) is 13.1 Å². The highest BCUT2D eigenvalue weighted by molar-refractivity contribution is 5.68. The third kappa shape index (κ3) is 5.48. The van der Waals surface area contributed by atoms with Gasteiger partial charge in [0.05, 0.1) is 12.6 Å². The van der Waals surface area contributed by atoms with Crippen molar-refractivity contribution < 1.29 is 23.0 Å². The van der Waals surface area contributed by atoms with E-state index < -0.39 is 17.7 Å². The molecule has 0 atom stereocenters. The van der Waals surface area contributed by atoms with Gasteiger partial charge in [0.1, 0.15) is 24.0 Å². The first-order valence-corrected chi connectivity index (χ1v) is 10.4. The van der Waals surface area contributed by atoms with Crippen molar-refractivity contribution in [2.24, 2.45) is 0 Å². The molecular weight excluding hydrogens is 390 g/mol. The Labute approximate surface area is 175 Å². The quantitative estimate of drug-likeness (QED) is 0.727. The zero-order chi connectivity index (χ0) is 20.9. The average Bonchev–Trinajstić information content (AvgIpc) is 3.57. The van der Waals surface area contributed by atoms with Crippen LogP contribution in [0.1, 0.15) is 36.8 Å². The van der Waals surface area contributed by atoms with Crippen LogP contribution in [-0.4, -0.2) is 36.2 Å². The fraction of sp³-hybridized carbons (Fsp3) is 0.435. The van der Waals surface area contributed by atoms with Gasteiger partial charge in [0.25, 0.3) is 0 Å². The second-order valence-electron chi connectivity index (χ2n) is 7.86. The Morgan fingerprint density at radius 2 is 1.77 bits per heavy atom. The van der Waals surface area contributed by atoms with Crippen LogP contribution in [0.3, 0.4) is 0 Å². The Kier molecular flexibility index (Phi) is 6.47. The number of benzene rings is 2. The second kappa shape index (κ2) is 9.43. The van der Waals surface area contributed by atoms with E-state index in [0.29, 0.717) is 6.10 Å². The Morgan fingerprint density at radius 3 is 2.43 bits per heavy atom. The van der Waals surface area contributed by atoms with E-state index in [0.717, 1.165) is 56.2 Å². The normalized spacial score (nSPS) is 16.9. The lowest BCUT2D eigenvalue weighted by Gasteiger charge is -2.34. The van der Waals surface area contributed by atoms with Crippen molar-refractivity contribution in [1.82, 2.24) is 10.2 Å². The molecule has 2 fully saturated rings. The lowest BCUT2D eigenvalue weighted by atomic mass is 10.0. The Morgan fingerprint density at radius 1 is 1.03 bits per heavy atom. The zero-order valence-corrected chi connectivity index (χ0v) is 16.8. The molecular formula is C23H26F2N2O3. The van der Waals surface area contributed by atoms with Crippen molar-refractivity contribution in [3.63, 3.8) is 0 Å². The third-order valence-electron chi connectivity index (χ3n) is 5.45. The van der Waals surface area contributed by atoms with Gasteiger partial charge >= 0.3 is 6.09 Å². The summed E-state index contributed by atoms with van der Waals surface area (Å²) in [6.45, 7) is 1.73. The first-order valence-electron chi connectivity index (χ1n) is 10.4. The standard InChI is InChI=1S/C23H26F2N2O3/c24-18-4-3-17(22(25)13-18)14-27(19-9-11-26-12-10-19)23(28)29-15-16-1-5-20(6-2-16)30-21-7-8-21/h1-6,13,19,21,26H,7-12,14-15H2. The summed E-state index contributed by atoms with van der Waals surface area (Å²) in [5, 5.41) is 3.26. The Hall–Kier alpha value is -2.67. The predicted octanol–water partition coefficient (Wildman–Crippen LogP) is 4.40. The number of piperidine rings is 1. The average molecular weight is 416 g/mol. The van der Waals surface area contributed by atoms with Gasteiger partial charge in [-0.1, -0.05) is 18.2 Å². The lowest BCUT2D eigenvalue weighted by molar-refractivity contribution is 0.0695. The minimum atomic E-state index is -0.659. The molecule has 160 valence electrons. The van der Waals surface area contributed by atoms with Gasteiger partial charge in [-0.05, 0) is 62.5 Å². The molecule has 0 unspecified atom stereocenters. The summed E-state index contributed by atoms with van der Waals surface area (Å²) in [6, 6.07) is 10.9. The van der Waals surface area contributed by atoms with Gasteiger partial charge in [0.15, 0.2) is 0 Å². The Bertz CT molecular complexity index is 865. The van der Waals surface area contributed by atoms with Crippen LogP contribution in [-0.2, 0) is 17.9 Å². The number of carbonyl (C=O) groups excluding carboxylic acids is 1. The molecule has 0 spiro atoms. The monoisotopic (exact) mass is 416 g/mol. The summed E-state index contributed by atoms with van der Waals surface area (Å²) in [7, 11) is 0. The van der Waals surface area contributed by atoms with Crippen LogP contribution in [0.4, 0.5) is 13.6 Å². The van der Waals surface area contributed by atoms with Crippen LogP contribution in [0.15, 0.2) is 42.5 Å². The number of rotatable bonds is 7. The fourth-order valence-corrected chi connectivity index (χ4v) is 3.57. The van der Waals surface area contributed by atoms with Gasteiger partial charge in [-0.15, -0.1) is 0 Å². The molecule has 1 heterocycles. The van der Waals surface area contributed by atoms with Gasteiger partial charge in [0.2, 0.25) is 0 Å². The molecule has 4 rings (SSSR count). The minimum absolute atomic E-state index is 0.0454. The molecule has 0 aromatic heterocycles. The second-order valence-corrected chi connectivity index (χ2v) is 7.86. The molecule has 1 aliphatic heterocycles. The minimum Gasteiger partial charge on any atom is -0.490 e. The highest BCUT2D eigenvalue weighted by Crippen LogP contribution is 2.27. The topological polar surface area (TPSA) is 50.8 Å². The maximum Gasteiger partial charge on any atom is 0.410 e. The van der Waals surface area contributed by atoms with Gasteiger partial charge in [-0.2, -0.15) is 0 Å². The zero-order valence-electron chi connectivity index (χ0n) is 16.8. The maximum absolute atomic E-state index is 14.2. The molecule has 1 aliphatic carbocycles. The van der Waals surface area contributed by atoms with Crippen LogP contribution < -0.4 is 10.1 Å². The van der Waals surface area contributed by atoms with Gasteiger partial charge in [0, 0.05) is 17.7 Å². The Balaban J connectivity index is 1.40. The van der Waals surface area contributed by atoms with E-state index in [1.165, 1.54) is 12.1 Å². The molecule has 0 bridgehead atoms. The summed E-state index contributed by atoms with van der Waals surface area (Å²) in [5.41, 5.74) is 1.12. The van der Waals surface area contributed by atoms with Crippen LogP contribution in [0.5, 0.6) is 5.75 Å². The van der Waals surface area contributed by atoms with E-state index >= 15 is 0 Å². The molecule has 1 saturated heterocycles. The molecule has 2 aromatic carbocycles. The van der Waals surface area contributed by atoms with Gasteiger partial charge in [-0.25, -0.2) is 13.6 Å². The first-order chi connectivity index (χ1) is 14.6. The summed E-state index contributed by atoms with van der Waals surface area (Å²) in [6.07, 6.45) is 3.54. The molecule has 2 aliphatic rings. The van der Waals surface area contributed by atoms with E-state index in [-0.39, 0.29) is 24.8 Å². The maximum atomic E-state index is 14.2. The third-order valence-corrected chi connectivity index (χ3v) is 5.45. The fourth-order valence-electron chi connectivity index (χ4n) is 3.57. The predicted molar refractivity (Wildman–Crippen MR) is 108 cm³/mol. The van der Waals surface area contributed by atoms with E-state index in [1.54, 1.807) is 4.90 Å². The lowest BCUT2D eigenvalue weighted by Crippen LogP contribution is -2.46. The number of hydrogen-bond donors (Lipinski definition) is 1. The number of hydrogen-bond acceptors (Lipinski definition) is 4. The van der Waals surface area contributed by atoms with Gasteiger partial charge < -0.3 is 19.7 Å². The van der Waals surface area contributed by atoms with E-state index in [4.69, 9.17) is 9.47 Å². The summed E-state index contributed by atoms with van der Waals surface area (Å²) < 4.78 is 38.7. The molecule has 1 N–H and O–H groups in total. The molecule has 7 heteroatoms. The molecule has 5 nitrogen and oxygen atoms in total. The molecule has 2 aromatic rings. The van der Waals surface area contributed by atoms with E-state index in [1.807, 2.05) is 24.3 Å². The van der Waals surface area contributed by atoms with Crippen molar-refractivity contribution in [1.29, 1.82) is 0 Å². The van der Waals surface area contributed by atoms with Crippen molar-refractivity contribution in [3.05, 3.63) is 65.2 Å². The first kappa shape index (κ1) is 20.6. The van der Waals surface area contributed by atoms with E-state index in [9.17, 15) is 13.6 Å². The van der Waals surface area contributed by atoms with Gasteiger partial charge in [-0.3, -0.25) is 0 Å². The number of halogens is 2. The van der Waals surface area contributed by atoms with Crippen molar-refractivity contribution in [3.8, 4) is 5.75 Å². The summed E-state index contributed by atoms with van der Waals surface area (Å²) in [5.74, 6) is -0.481. The van der Waals surface area contributed by atoms with Crippen LogP contribution in [0, 0.1) is 11.6 Å². The number of nitrogens with zero attached hydrogens (tertiary/aromatic N) is 1. The van der Waals surface area contributed by atoms with Crippen molar-refractivity contribution >= 4 is 6.09 Å². The van der Waals surface area contributed by atoms with E-state index in [2.05, 4.69) is 5.32 Å². The molecule has 0 radical (unpaired) electrons. The summed E-state index contributed by atoms with van der Waals surface area (Å²) in [4.78, 5) is 14.4. The number of amides is 1. The molecule has 1 saturated carbocycles.